The van der Waals surface area contributed by atoms with E-state index in [1.54, 1.807) is 5.57 Å². The van der Waals surface area contributed by atoms with E-state index in [0.717, 1.165) is 18.4 Å². The molecule has 2 atom stereocenters. The normalized spacial score (nSPS) is 35.5. The Kier molecular flexibility index (Phi) is 6.57. The summed E-state index contributed by atoms with van der Waals surface area (Å²) in [5.74, 6) is 1.64. The lowest BCUT2D eigenvalue weighted by atomic mass is 9.83. The number of hydrogen-bond acceptors (Lipinski definition) is 2. The van der Waals surface area contributed by atoms with Gasteiger partial charge in [-0.1, -0.05) is 11.6 Å². The van der Waals surface area contributed by atoms with E-state index in [9.17, 15) is 0 Å². The quantitative estimate of drug-likeness (QED) is 0.655. The minimum Gasteiger partial charge on any atom is -0.381 e. The van der Waals surface area contributed by atoms with Crippen LogP contribution in [0.15, 0.2) is 11.6 Å². The number of rotatable bonds is 6. The summed E-state index contributed by atoms with van der Waals surface area (Å²) < 4.78 is 11.6. The van der Waals surface area contributed by atoms with Gasteiger partial charge in [-0.15, -0.1) is 0 Å². The summed E-state index contributed by atoms with van der Waals surface area (Å²) in [6.07, 6.45) is 13.5. The first-order valence-corrected chi connectivity index (χ1v) is 8.47. The molecule has 0 amide bonds. The Balaban J connectivity index is 1.60. The minimum atomic E-state index is 0.489. The van der Waals surface area contributed by atoms with Crippen LogP contribution in [0.5, 0.6) is 0 Å². The van der Waals surface area contributed by atoms with Crippen LogP contribution in [0, 0.1) is 11.8 Å². The lowest BCUT2D eigenvalue weighted by Gasteiger charge is -2.29. The Morgan fingerprint density at radius 1 is 1.00 bits per heavy atom. The second-order valence-electron chi connectivity index (χ2n) is 6.85. The number of ether oxygens (including phenoxy) is 2. The van der Waals surface area contributed by atoms with Gasteiger partial charge < -0.3 is 9.47 Å². The van der Waals surface area contributed by atoms with Gasteiger partial charge in [0.2, 0.25) is 0 Å². The van der Waals surface area contributed by atoms with Crippen molar-refractivity contribution in [3.63, 3.8) is 0 Å². The Labute approximate surface area is 124 Å². The van der Waals surface area contributed by atoms with Gasteiger partial charge in [0.15, 0.2) is 0 Å². The Hall–Kier alpha value is -0.340. The van der Waals surface area contributed by atoms with Crippen LogP contribution in [0.3, 0.4) is 0 Å². The highest BCUT2D eigenvalue weighted by atomic mass is 16.5. The molecule has 0 N–H and O–H groups in total. The summed E-state index contributed by atoms with van der Waals surface area (Å²) in [7, 11) is 1.84. The van der Waals surface area contributed by atoms with Gasteiger partial charge in [-0.2, -0.15) is 0 Å². The highest BCUT2D eigenvalue weighted by molar-refractivity contribution is 4.97. The van der Waals surface area contributed by atoms with Crippen LogP contribution < -0.4 is 0 Å². The van der Waals surface area contributed by atoms with E-state index in [1.165, 1.54) is 51.4 Å². The molecule has 0 aromatic heterocycles. The van der Waals surface area contributed by atoms with E-state index in [-0.39, 0.29) is 0 Å². The zero-order valence-corrected chi connectivity index (χ0v) is 13.6. The Morgan fingerprint density at radius 3 is 2.25 bits per heavy atom. The Morgan fingerprint density at radius 2 is 1.65 bits per heavy atom. The van der Waals surface area contributed by atoms with E-state index in [2.05, 4.69) is 19.9 Å². The maximum atomic E-state index is 6.17. The molecule has 2 aliphatic carbocycles. The van der Waals surface area contributed by atoms with Crippen LogP contribution in [0.4, 0.5) is 0 Å². The highest BCUT2D eigenvalue weighted by Gasteiger charge is 2.27. The van der Waals surface area contributed by atoms with Crippen molar-refractivity contribution in [2.24, 2.45) is 11.8 Å². The summed E-state index contributed by atoms with van der Waals surface area (Å²) in [6.45, 7) is 5.37. The first kappa shape index (κ1) is 16.0. The van der Waals surface area contributed by atoms with Crippen molar-refractivity contribution in [2.75, 3.05) is 13.7 Å². The molecule has 2 aliphatic rings. The van der Waals surface area contributed by atoms with Gasteiger partial charge in [-0.05, 0) is 77.0 Å². The van der Waals surface area contributed by atoms with E-state index >= 15 is 0 Å². The largest absolute Gasteiger partial charge is 0.381 e. The van der Waals surface area contributed by atoms with Crippen molar-refractivity contribution < 1.29 is 9.47 Å². The molecule has 20 heavy (non-hydrogen) atoms. The molecule has 2 unspecified atom stereocenters. The zero-order valence-electron chi connectivity index (χ0n) is 13.6. The van der Waals surface area contributed by atoms with Gasteiger partial charge in [-0.3, -0.25) is 0 Å². The SMILES string of the molecule is C/C=C(/C)CC1CCC(OCC2CCC(OC)C2)CC1. The average molecular weight is 280 g/mol. The van der Waals surface area contributed by atoms with Gasteiger partial charge in [-0.25, -0.2) is 0 Å². The fourth-order valence-corrected chi connectivity index (χ4v) is 3.74. The average Bonchev–Trinajstić information content (AvgIpc) is 2.94. The summed E-state index contributed by atoms with van der Waals surface area (Å²) >= 11 is 0. The summed E-state index contributed by atoms with van der Waals surface area (Å²) in [4.78, 5) is 0. The molecular weight excluding hydrogens is 248 g/mol. The first-order chi connectivity index (χ1) is 9.71. The molecule has 0 radical (unpaired) electrons. The number of allylic oxidation sites excluding steroid dienone is 2. The molecular formula is C18H32O2. The lowest BCUT2D eigenvalue weighted by Crippen LogP contribution is -2.24. The van der Waals surface area contributed by atoms with E-state index in [1.807, 2.05) is 7.11 Å². The first-order valence-electron chi connectivity index (χ1n) is 8.47. The van der Waals surface area contributed by atoms with Crippen molar-refractivity contribution in [1.82, 2.24) is 0 Å². The fraction of sp³-hybridized carbons (Fsp3) is 0.889. The second-order valence-corrected chi connectivity index (χ2v) is 6.85. The fourth-order valence-electron chi connectivity index (χ4n) is 3.74. The van der Waals surface area contributed by atoms with Crippen molar-refractivity contribution in [3.8, 4) is 0 Å². The van der Waals surface area contributed by atoms with Gasteiger partial charge in [0, 0.05) is 13.7 Å². The Bertz CT molecular complexity index is 303. The molecule has 0 spiro atoms. The summed E-state index contributed by atoms with van der Waals surface area (Å²) in [5, 5.41) is 0. The summed E-state index contributed by atoms with van der Waals surface area (Å²) in [5.41, 5.74) is 1.55. The van der Waals surface area contributed by atoms with Gasteiger partial charge in [0.1, 0.15) is 0 Å². The molecule has 2 fully saturated rings. The second kappa shape index (κ2) is 8.19. The van der Waals surface area contributed by atoms with Crippen molar-refractivity contribution >= 4 is 0 Å². The third-order valence-electron chi connectivity index (χ3n) is 5.29. The number of methoxy groups -OCH3 is 1. The molecule has 0 heterocycles. The molecule has 2 heteroatoms. The standard InChI is InChI=1S/C18H32O2/c1-4-14(2)11-15-5-8-17(9-6-15)20-13-16-7-10-18(12-16)19-3/h4,15-18H,5-13H2,1-3H3/b14-4-. The van der Waals surface area contributed by atoms with Crippen molar-refractivity contribution in [3.05, 3.63) is 11.6 Å². The lowest BCUT2D eigenvalue weighted by molar-refractivity contribution is -0.00279. The van der Waals surface area contributed by atoms with Crippen LogP contribution in [0.2, 0.25) is 0 Å². The minimum absolute atomic E-state index is 0.489. The molecule has 0 aliphatic heterocycles. The molecule has 0 aromatic rings. The zero-order chi connectivity index (χ0) is 14.4. The third-order valence-corrected chi connectivity index (χ3v) is 5.29. The van der Waals surface area contributed by atoms with Crippen LogP contribution in [-0.4, -0.2) is 25.9 Å². The predicted molar refractivity (Wildman–Crippen MR) is 83.9 cm³/mol. The smallest absolute Gasteiger partial charge is 0.0575 e. The van der Waals surface area contributed by atoms with Crippen LogP contribution in [-0.2, 0) is 9.47 Å². The molecule has 116 valence electrons. The van der Waals surface area contributed by atoms with Gasteiger partial charge in [0.25, 0.3) is 0 Å². The summed E-state index contributed by atoms with van der Waals surface area (Å²) in [6, 6.07) is 0. The molecule has 0 aromatic carbocycles. The van der Waals surface area contributed by atoms with E-state index in [4.69, 9.17) is 9.47 Å². The molecule has 2 saturated carbocycles. The van der Waals surface area contributed by atoms with E-state index < -0.39 is 0 Å². The van der Waals surface area contributed by atoms with Crippen LogP contribution >= 0.6 is 0 Å². The molecule has 0 saturated heterocycles. The maximum absolute atomic E-state index is 6.17. The topological polar surface area (TPSA) is 18.5 Å². The monoisotopic (exact) mass is 280 g/mol. The highest BCUT2D eigenvalue weighted by Crippen LogP contribution is 2.32. The van der Waals surface area contributed by atoms with Crippen molar-refractivity contribution in [2.45, 2.75) is 77.4 Å². The van der Waals surface area contributed by atoms with Gasteiger partial charge in [0.05, 0.1) is 12.2 Å². The van der Waals surface area contributed by atoms with Crippen molar-refractivity contribution in [1.29, 1.82) is 0 Å². The molecule has 0 bridgehead atoms. The predicted octanol–water partition coefficient (Wildman–Crippen LogP) is 4.73. The molecule has 2 nitrogen and oxygen atoms in total. The number of hydrogen-bond donors (Lipinski definition) is 0. The maximum Gasteiger partial charge on any atom is 0.0575 e. The van der Waals surface area contributed by atoms with Crippen LogP contribution in [0.1, 0.15) is 65.2 Å². The van der Waals surface area contributed by atoms with Gasteiger partial charge >= 0.3 is 0 Å². The van der Waals surface area contributed by atoms with Crippen LogP contribution in [0.25, 0.3) is 0 Å². The van der Waals surface area contributed by atoms with E-state index in [0.29, 0.717) is 12.2 Å². The molecule has 2 rings (SSSR count). The third kappa shape index (κ3) is 4.89.